The summed E-state index contributed by atoms with van der Waals surface area (Å²) in [6.45, 7) is 2.86. The van der Waals surface area contributed by atoms with Crippen LogP contribution in [0.2, 0.25) is 0 Å². The van der Waals surface area contributed by atoms with E-state index in [1.54, 1.807) is 12.4 Å². The number of rotatable bonds is 5. The van der Waals surface area contributed by atoms with E-state index in [9.17, 15) is 4.79 Å². The van der Waals surface area contributed by atoms with Gasteiger partial charge in [0.05, 0.1) is 30.1 Å². The van der Waals surface area contributed by atoms with Crippen LogP contribution in [0.5, 0.6) is 0 Å². The van der Waals surface area contributed by atoms with Crippen molar-refractivity contribution in [2.75, 3.05) is 26.3 Å². The van der Waals surface area contributed by atoms with Crippen molar-refractivity contribution in [3.05, 3.63) is 84.7 Å². The maximum Gasteiger partial charge on any atom is 0.242 e. The first-order valence-electron chi connectivity index (χ1n) is 14.5. The number of para-hydroxylation sites is 1. The van der Waals surface area contributed by atoms with Gasteiger partial charge in [-0.2, -0.15) is 0 Å². The van der Waals surface area contributed by atoms with Gasteiger partial charge in [0, 0.05) is 47.3 Å². The Balaban J connectivity index is 1.37. The Kier molecular flexibility index (Phi) is 6.78. The standard InChI is InChI=1S/C34H34N4O2/c39-32(37-18-20-40-21-19-37)23-38-31-9-5-4-8-28(31)33(25-6-2-1-3-7-25)34(38)27-11-13-30-26(22-27)10-12-29(36-30)24-14-16-35-17-15-24/h4-5,8-17,22,25H,1-3,6-7,18-21,23H2. The molecule has 1 saturated heterocycles. The van der Waals surface area contributed by atoms with Crippen molar-refractivity contribution in [2.45, 2.75) is 44.6 Å². The lowest BCUT2D eigenvalue weighted by Gasteiger charge is -2.28. The van der Waals surface area contributed by atoms with E-state index in [1.165, 1.54) is 48.7 Å². The van der Waals surface area contributed by atoms with E-state index < -0.39 is 0 Å². The average Bonchev–Trinajstić information content (AvgIpc) is 3.35. The van der Waals surface area contributed by atoms with E-state index in [1.807, 2.05) is 17.0 Å². The Morgan fingerprint density at radius 1 is 0.875 bits per heavy atom. The first-order chi connectivity index (χ1) is 19.8. The second-order valence-electron chi connectivity index (χ2n) is 11.0. The average molecular weight is 531 g/mol. The number of hydrogen-bond donors (Lipinski definition) is 0. The van der Waals surface area contributed by atoms with Gasteiger partial charge in [-0.15, -0.1) is 0 Å². The molecule has 0 unspecified atom stereocenters. The van der Waals surface area contributed by atoms with Gasteiger partial charge in [0.15, 0.2) is 0 Å². The highest BCUT2D eigenvalue weighted by Gasteiger charge is 2.28. The fraction of sp³-hybridized carbons (Fsp3) is 0.324. The van der Waals surface area contributed by atoms with Gasteiger partial charge in [0.2, 0.25) is 5.91 Å². The molecule has 2 fully saturated rings. The van der Waals surface area contributed by atoms with Crippen molar-refractivity contribution in [3.8, 4) is 22.5 Å². The summed E-state index contributed by atoms with van der Waals surface area (Å²) in [5.74, 6) is 0.654. The van der Waals surface area contributed by atoms with E-state index in [4.69, 9.17) is 9.72 Å². The fourth-order valence-electron chi connectivity index (χ4n) is 6.61. The van der Waals surface area contributed by atoms with Crippen LogP contribution in [0.4, 0.5) is 0 Å². The molecule has 6 heteroatoms. The number of morpholine rings is 1. The molecule has 0 spiro atoms. The first-order valence-corrected chi connectivity index (χ1v) is 14.5. The van der Waals surface area contributed by atoms with Crippen molar-refractivity contribution in [3.63, 3.8) is 0 Å². The van der Waals surface area contributed by atoms with Gasteiger partial charge in [-0.25, -0.2) is 4.98 Å². The molecule has 7 rings (SSSR count). The van der Waals surface area contributed by atoms with Gasteiger partial charge in [-0.3, -0.25) is 9.78 Å². The molecular formula is C34H34N4O2. The monoisotopic (exact) mass is 530 g/mol. The van der Waals surface area contributed by atoms with Crippen LogP contribution in [0.25, 0.3) is 44.3 Å². The minimum Gasteiger partial charge on any atom is -0.378 e. The van der Waals surface area contributed by atoms with E-state index in [2.05, 4.69) is 64.1 Å². The highest BCUT2D eigenvalue weighted by molar-refractivity contribution is 5.96. The van der Waals surface area contributed by atoms with Crippen molar-refractivity contribution in [2.24, 2.45) is 0 Å². The van der Waals surface area contributed by atoms with Crippen LogP contribution in [-0.2, 0) is 16.1 Å². The minimum atomic E-state index is 0.157. The number of carbonyl (C=O) groups is 1. The smallest absolute Gasteiger partial charge is 0.242 e. The topological polar surface area (TPSA) is 60.2 Å². The summed E-state index contributed by atoms with van der Waals surface area (Å²) in [6.07, 6.45) is 9.82. The van der Waals surface area contributed by atoms with Crippen LogP contribution in [0.15, 0.2) is 79.1 Å². The molecule has 1 amide bonds. The minimum absolute atomic E-state index is 0.157. The van der Waals surface area contributed by atoms with E-state index in [-0.39, 0.29) is 5.91 Å². The normalized spacial score (nSPS) is 16.6. The lowest BCUT2D eigenvalue weighted by molar-refractivity contribution is -0.135. The molecule has 4 heterocycles. The van der Waals surface area contributed by atoms with E-state index >= 15 is 0 Å². The predicted octanol–water partition coefficient (Wildman–Crippen LogP) is 6.83. The molecule has 0 radical (unpaired) electrons. The number of aromatic nitrogens is 3. The summed E-state index contributed by atoms with van der Waals surface area (Å²) < 4.78 is 7.80. The quantitative estimate of drug-likeness (QED) is 0.250. The first kappa shape index (κ1) is 25.0. The van der Waals surface area contributed by atoms with Crippen molar-refractivity contribution in [1.29, 1.82) is 0 Å². The van der Waals surface area contributed by atoms with Crippen molar-refractivity contribution >= 4 is 27.7 Å². The summed E-state index contributed by atoms with van der Waals surface area (Å²) in [7, 11) is 0. The lowest BCUT2D eigenvalue weighted by Crippen LogP contribution is -2.42. The number of benzene rings is 2. The second-order valence-corrected chi connectivity index (χ2v) is 11.0. The SMILES string of the molecule is O=C(Cn1c(-c2ccc3nc(-c4ccncc4)ccc3c2)c(C2CCCCC2)c2ccccc21)N1CCOCC1. The number of ether oxygens (including phenoxy) is 1. The highest BCUT2D eigenvalue weighted by atomic mass is 16.5. The molecule has 202 valence electrons. The third-order valence-corrected chi connectivity index (χ3v) is 8.62. The summed E-state index contributed by atoms with van der Waals surface area (Å²) in [4.78, 5) is 24.6. The van der Waals surface area contributed by atoms with Crippen LogP contribution in [-0.4, -0.2) is 51.6 Å². The Morgan fingerprint density at radius 3 is 2.50 bits per heavy atom. The van der Waals surface area contributed by atoms with Crippen LogP contribution in [0.3, 0.4) is 0 Å². The zero-order valence-corrected chi connectivity index (χ0v) is 22.8. The molecule has 1 saturated carbocycles. The lowest BCUT2D eigenvalue weighted by atomic mass is 9.82. The van der Waals surface area contributed by atoms with Crippen LogP contribution in [0.1, 0.15) is 43.6 Å². The third kappa shape index (κ3) is 4.66. The van der Waals surface area contributed by atoms with Crippen LogP contribution >= 0.6 is 0 Å². The number of fused-ring (bicyclic) bond motifs is 2. The molecular weight excluding hydrogens is 496 g/mol. The number of pyridine rings is 2. The molecule has 2 aromatic carbocycles. The van der Waals surface area contributed by atoms with Crippen LogP contribution < -0.4 is 0 Å². The summed E-state index contributed by atoms with van der Waals surface area (Å²) in [5, 5.41) is 2.38. The molecule has 40 heavy (non-hydrogen) atoms. The summed E-state index contributed by atoms with van der Waals surface area (Å²) >= 11 is 0. The zero-order valence-electron chi connectivity index (χ0n) is 22.8. The largest absolute Gasteiger partial charge is 0.378 e. The second kappa shape index (κ2) is 10.9. The molecule has 0 bridgehead atoms. The third-order valence-electron chi connectivity index (χ3n) is 8.62. The Bertz CT molecular complexity index is 1660. The molecule has 1 aliphatic carbocycles. The molecule has 0 atom stereocenters. The van der Waals surface area contributed by atoms with Gasteiger partial charge in [-0.1, -0.05) is 49.6 Å². The molecule has 6 nitrogen and oxygen atoms in total. The number of amides is 1. The van der Waals surface area contributed by atoms with Gasteiger partial charge in [-0.05, 0) is 66.3 Å². The maximum atomic E-state index is 13.6. The van der Waals surface area contributed by atoms with Gasteiger partial charge in [0.25, 0.3) is 0 Å². The number of hydrogen-bond acceptors (Lipinski definition) is 4. The zero-order chi connectivity index (χ0) is 26.9. The molecule has 0 N–H and O–H groups in total. The van der Waals surface area contributed by atoms with Crippen molar-refractivity contribution in [1.82, 2.24) is 19.4 Å². The van der Waals surface area contributed by atoms with E-state index in [0.717, 1.165) is 33.2 Å². The Morgan fingerprint density at radius 2 is 1.68 bits per heavy atom. The van der Waals surface area contributed by atoms with Gasteiger partial charge >= 0.3 is 0 Å². The Labute approximate surface area is 234 Å². The fourth-order valence-corrected chi connectivity index (χ4v) is 6.61. The highest BCUT2D eigenvalue weighted by Crippen LogP contribution is 2.44. The predicted molar refractivity (Wildman–Crippen MR) is 159 cm³/mol. The van der Waals surface area contributed by atoms with Gasteiger partial charge in [0.1, 0.15) is 6.54 Å². The Hall–Kier alpha value is -4.03. The molecule has 2 aliphatic rings. The molecule has 3 aromatic heterocycles. The van der Waals surface area contributed by atoms with Gasteiger partial charge < -0.3 is 14.2 Å². The summed E-state index contributed by atoms with van der Waals surface area (Å²) in [6, 6.07) is 23.5. The number of carbonyl (C=O) groups excluding carboxylic acids is 1. The maximum absolute atomic E-state index is 13.6. The number of nitrogens with zero attached hydrogens (tertiary/aromatic N) is 4. The van der Waals surface area contributed by atoms with Crippen molar-refractivity contribution < 1.29 is 9.53 Å². The summed E-state index contributed by atoms with van der Waals surface area (Å²) in [5.41, 5.74) is 7.85. The van der Waals surface area contributed by atoms with Crippen LogP contribution in [0, 0.1) is 0 Å². The van der Waals surface area contributed by atoms with E-state index in [0.29, 0.717) is 38.8 Å². The molecule has 5 aromatic rings. The molecule has 1 aliphatic heterocycles.